The molecule has 0 amide bonds. The first-order valence-corrected chi connectivity index (χ1v) is 8.94. The summed E-state index contributed by atoms with van der Waals surface area (Å²) in [5.41, 5.74) is 1.18. The SMILES string of the molecule is CCCOc1c(Br)cc(CNC[C@H]2CCCO2)cc1OCC. The van der Waals surface area contributed by atoms with Gasteiger partial charge in [-0.1, -0.05) is 6.92 Å². The zero-order chi connectivity index (χ0) is 15.8. The van der Waals surface area contributed by atoms with Crippen molar-refractivity contribution in [2.45, 2.75) is 45.8 Å². The van der Waals surface area contributed by atoms with Crippen molar-refractivity contribution in [3.63, 3.8) is 0 Å². The molecule has 0 aromatic heterocycles. The number of hydrogen-bond donors (Lipinski definition) is 1. The van der Waals surface area contributed by atoms with Gasteiger partial charge in [0.15, 0.2) is 11.5 Å². The molecule has 0 bridgehead atoms. The Balaban J connectivity index is 1.97. The normalized spacial score (nSPS) is 17.7. The van der Waals surface area contributed by atoms with E-state index >= 15 is 0 Å². The van der Waals surface area contributed by atoms with E-state index in [1.807, 2.05) is 6.92 Å². The van der Waals surface area contributed by atoms with E-state index in [0.29, 0.717) is 19.3 Å². The fourth-order valence-electron chi connectivity index (χ4n) is 2.51. The molecule has 0 radical (unpaired) electrons. The van der Waals surface area contributed by atoms with Gasteiger partial charge in [-0.05, 0) is 59.8 Å². The van der Waals surface area contributed by atoms with Gasteiger partial charge in [-0.15, -0.1) is 0 Å². The molecule has 1 N–H and O–H groups in total. The number of benzene rings is 1. The van der Waals surface area contributed by atoms with E-state index in [9.17, 15) is 0 Å². The lowest BCUT2D eigenvalue weighted by atomic mass is 10.2. The zero-order valence-electron chi connectivity index (χ0n) is 13.5. The van der Waals surface area contributed by atoms with E-state index in [-0.39, 0.29) is 0 Å². The van der Waals surface area contributed by atoms with Gasteiger partial charge >= 0.3 is 0 Å². The Morgan fingerprint density at radius 3 is 2.86 bits per heavy atom. The number of ether oxygens (including phenoxy) is 3. The molecular weight excluding hydrogens is 346 g/mol. The van der Waals surface area contributed by atoms with Crippen molar-refractivity contribution in [2.24, 2.45) is 0 Å². The van der Waals surface area contributed by atoms with Crippen LogP contribution in [0.3, 0.4) is 0 Å². The average Bonchev–Trinajstić information content (AvgIpc) is 3.00. The standard InChI is InChI=1S/C17H26BrNO3/c1-3-7-22-17-15(18)9-13(10-16(17)20-4-2)11-19-12-14-6-5-8-21-14/h9-10,14,19H,3-8,11-12H2,1-2H3/t14-/m1/s1. The summed E-state index contributed by atoms with van der Waals surface area (Å²) < 4.78 is 18.1. The van der Waals surface area contributed by atoms with Crippen molar-refractivity contribution >= 4 is 15.9 Å². The molecular formula is C17H26BrNO3. The fraction of sp³-hybridized carbons (Fsp3) is 0.647. The smallest absolute Gasteiger partial charge is 0.175 e. The molecule has 1 aliphatic rings. The molecule has 1 saturated heterocycles. The molecule has 0 unspecified atom stereocenters. The minimum atomic E-state index is 0.363. The summed E-state index contributed by atoms with van der Waals surface area (Å²) in [5, 5.41) is 3.46. The van der Waals surface area contributed by atoms with Crippen LogP contribution in [0.5, 0.6) is 11.5 Å². The lowest BCUT2D eigenvalue weighted by molar-refractivity contribution is 0.110. The van der Waals surface area contributed by atoms with Crippen molar-refractivity contribution in [1.82, 2.24) is 5.32 Å². The summed E-state index contributed by atoms with van der Waals surface area (Å²) in [6.45, 7) is 7.99. The summed E-state index contributed by atoms with van der Waals surface area (Å²) in [7, 11) is 0. The van der Waals surface area contributed by atoms with Crippen LogP contribution in [0.15, 0.2) is 16.6 Å². The maximum atomic E-state index is 5.80. The molecule has 0 saturated carbocycles. The Hall–Kier alpha value is -0.780. The van der Waals surface area contributed by atoms with Crippen LogP contribution in [-0.2, 0) is 11.3 Å². The molecule has 1 heterocycles. The van der Waals surface area contributed by atoms with Gasteiger partial charge in [0.2, 0.25) is 0 Å². The van der Waals surface area contributed by atoms with Crippen molar-refractivity contribution < 1.29 is 14.2 Å². The van der Waals surface area contributed by atoms with E-state index in [4.69, 9.17) is 14.2 Å². The maximum Gasteiger partial charge on any atom is 0.175 e. The van der Waals surface area contributed by atoms with Gasteiger partial charge in [0.25, 0.3) is 0 Å². The number of hydrogen-bond acceptors (Lipinski definition) is 4. The third kappa shape index (κ3) is 5.14. The van der Waals surface area contributed by atoms with E-state index in [1.54, 1.807) is 0 Å². The third-order valence-electron chi connectivity index (χ3n) is 3.54. The predicted molar refractivity (Wildman–Crippen MR) is 91.8 cm³/mol. The van der Waals surface area contributed by atoms with E-state index in [2.05, 4.69) is 40.3 Å². The van der Waals surface area contributed by atoms with Gasteiger partial charge in [0.05, 0.1) is 23.8 Å². The summed E-state index contributed by atoms with van der Waals surface area (Å²) in [4.78, 5) is 0. The largest absolute Gasteiger partial charge is 0.490 e. The fourth-order valence-corrected chi connectivity index (χ4v) is 3.12. The maximum absolute atomic E-state index is 5.80. The molecule has 124 valence electrons. The first kappa shape index (κ1) is 17.6. The molecule has 1 aliphatic heterocycles. The van der Waals surface area contributed by atoms with Crippen LogP contribution in [0.25, 0.3) is 0 Å². The van der Waals surface area contributed by atoms with Crippen molar-refractivity contribution in [3.05, 3.63) is 22.2 Å². The van der Waals surface area contributed by atoms with Crippen LogP contribution in [0.4, 0.5) is 0 Å². The molecule has 1 atom stereocenters. The third-order valence-corrected chi connectivity index (χ3v) is 4.13. The van der Waals surface area contributed by atoms with Gasteiger partial charge in [-0.2, -0.15) is 0 Å². The first-order valence-electron chi connectivity index (χ1n) is 8.15. The minimum Gasteiger partial charge on any atom is -0.490 e. The van der Waals surface area contributed by atoms with Crippen LogP contribution in [0.1, 0.15) is 38.7 Å². The summed E-state index contributed by atoms with van der Waals surface area (Å²) in [6, 6.07) is 4.15. The lowest BCUT2D eigenvalue weighted by Gasteiger charge is -2.16. The van der Waals surface area contributed by atoms with Crippen molar-refractivity contribution in [3.8, 4) is 11.5 Å². The van der Waals surface area contributed by atoms with E-state index in [0.717, 1.165) is 48.5 Å². The van der Waals surface area contributed by atoms with Gasteiger partial charge in [0.1, 0.15) is 0 Å². The molecule has 2 rings (SSSR count). The Kier molecular flexibility index (Phi) is 7.49. The Labute approximate surface area is 141 Å². The Bertz CT molecular complexity index is 461. The number of nitrogens with one attached hydrogen (secondary N) is 1. The molecule has 5 heteroatoms. The highest BCUT2D eigenvalue weighted by Gasteiger charge is 2.15. The number of halogens is 1. The summed E-state index contributed by atoms with van der Waals surface area (Å²) >= 11 is 3.60. The van der Waals surface area contributed by atoms with Gasteiger partial charge in [0, 0.05) is 19.7 Å². The second-order valence-corrected chi connectivity index (χ2v) is 6.31. The van der Waals surface area contributed by atoms with Crippen LogP contribution in [0, 0.1) is 0 Å². The van der Waals surface area contributed by atoms with Crippen molar-refractivity contribution in [2.75, 3.05) is 26.4 Å². The predicted octanol–water partition coefficient (Wildman–Crippen LogP) is 3.91. The molecule has 22 heavy (non-hydrogen) atoms. The Morgan fingerprint density at radius 2 is 2.18 bits per heavy atom. The monoisotopic (exact) mass is 371 g/mol. The lowest BCUT2D eigenvalue weighted by Crippen LogP contribution is -2.25. The highest BCUT2D eigenvalue weighted by atomic mass is 79.9. The average molecular weight is 372 g/mol. The molecule has 0 spiro atoms. The highest BCUT2D eigenvalue weighted by Crippen LogP contribution is 2.37. The molecule has 1 fully saturated rings. The summed E-state index contributed by atoms with van der Waals surface area (Å²) in [6.07, 6.45) is 3.67. The van der Waals surface area contributed by atoms with Crippen LogP contribution < -0.4 is 14.8 Å². The second-order valence-electron chi connectivity index (χ2n) is 5.45. The van der Waals surface area contributed by atoms with E-state index in [1.165, 1.54) is 12.0 Å². The van der Waals surface area contributed by atoms with E-state index < -0.39 is 0 Å². The minimum absolute atomic E-state index is 0.363. The van der Waals surface area contributed by atoms with Gasteiger partial charge in [-0.3, -0.25) is 0 Å². The van der Waals surface area contributed by atoms with Crippen LogP contribution in [-0.4, -0.2) is 32.5 Å². The number of rotatable bonds is 9. The quantitative estimate of drug-likeness (QED) is 0.714. The zero-order valence-corrected chi connectivity index (χ0v) is 15.1. The van der Waals surface area contributed by atoms with Crippen molar-refractivity contribution in [1.29, 1.82) is 0 Å². The molecule has 4 nitrogen and oxygen atoms in total. The van der Waals surface area contributed by atoms with Crippen LogP contribution >= 0.6 is 15.9 Å². The molecule has 1 aromatic carbocycles. The molecule has 1 aromatic rings. The Morgan fingerprint density at radius 1 is 1.32 bits per heavy atom. The topological polar surface area (TPSA) is 39.7 Å². The molecule has 0 aliphatic carbocycles. The van der Waals surface area contributed by atoms with Gasteiger partial charge in [-0.25, -0.2) is 0 Å². The van der Waals surface area contributed by atoms with Gasteiger partial charge < -0.3 is 19.5 Å². The second kappa shape index (κ2) is 9.38. The highest BCUT2D eigenvalue weighted by molar-refractivity contribution is 9.10. The summed E-state index contributed by atoms with van der Waals surface area (Å²) in [5.74, 6) is 1.60. The van der Waals surface area contributed by atoms with Crippen LogP contribution in [0.2, 0.25) is 0 Å². The first-order chi connectivity index (χ1) is 10.7.